The molecule has 0 radical (unpaired) electrons. The quantitative estimate of drug-likeness (QED) is 0.393. The van der Waals surface area contributed by atoms with Gasteiger partial charge < -0.3 is 14.8 Å². The predicted octanol–water partition coefficient (Wildman–Crippen LogP) is 5.48. The number of hydrogen-bond acceptors (Lipinski definition) is 5. The molecule has 144 valence electrons. The highest BCUT2D eigenvalue weighted by Crippen LogP contribution is 2.32. The van der Waals surface area contributed by atoms with Gasteiger partial charge in [-0.3, -0.25) is 0 Å². The fourth-order valence-corrected chi connectivity index (χ4v) is 2.24. The van der Waals surface area contributed by atoms with Gasteiger partial charge in [-0.1, -0.05) is 23.3 Å². The maximum absolute atomic E-state index is 12.8. The molecule has 2 aromatic carbocycles. The Morgan fingerprint density at radius 3 is 2.30 bits per heavy atom. The zero-order chi connectivity index (χ0) is 19.9. The molecule has 0 saturated heterocycles. The number of halogens is 3. The van der Waals surface area contributed by atoms with Gasteiger partial charge in [0.25, 0.3) is 0 Å². The third kappa shape index (κ3) is 5.47. The van der Waals surface area contributed by atoms with Gasteiger partial charge in [-0.15, -0.1) is 0 Å². The van der Waals surface area contributed by atoms with Crippen molar-refractivity contribution in [1.82, 2.24) is 0 Å². The van der Waals surface area contributed by atoms with Crippen molar-refractivity contribution in [2.24, 2.45) is 10.3 Å². The molecule has 0 spiro atoms. The lowest BCUT2D eigenvalue weighted by molar-refractivity contribution is -0.137. The van der Waals surface area contributed by atoms with Crippen molar-refractivity contribution in [1.29, 1.82) is 0 Å². The van der Waals surface area contributed by atoms with Crippen molar-refractivity contribution in [2.45, 2.75) is 26.4 Å². The topological polar surface area (TPSA) is 63.4 Å². The van der Waals surface area contributed by atoms with Gasteiger partial charge in [-0.2, -0.15) is 13.2 Å². The standard InChI is InChI=1S/C19H19F3N2O3/c1-3-17(23-25)18(24-26-4-2)13-8-10-15(11-9-13)27-16-7-5-6-14(12-16)19(20,21)22/h5-12,25H,3-4H2,1-2H3. The minimum Gasteiger partial charge on any atom is -0.457 e. The van der Waals surface area contributed by atoms with E-state index in [1.165, 1.54) is 12.1 Å². The van der Waals surface area contributed by atoms with Crippen LogP contribution >= 0.6 is 0 Å². The first-order chi connectivity index (χ1) is 12.9. The van der Waals surface area contributed by atoms with E-state index in [4.69, 9.17) is 14.8 Å². The summed E-state index contributed by atoms with van der Waals surface area (Å²) in [6.07, 6.45) is -4.00. The lowest BCUT2D eigenvalue weighted by Gasteiger charge is -2.11. The second-order valence-electron chi connectivity index (χ2n) is 5.41. The van der Waals surface area contributed by atoms with Crippen LogP contribution in [0.1, 0.15) is 31.4 Å². The van der Waals surface area contributed by atoms with Crippen molar-refractivity contribution < 1.29 is 28.0 Å². The van der Waals surface area contributed by atoms with Gasteiger partial charge in [0.2, 0.25) is 0 Å². The van der Waals surface area contributed by atoms with E-state index in [0.717, 1.165) is 12.1 Å². The fraction of sp³-hybridized carbons (Fsp3) is 0.263. The Hall–Kier alpha value is -3.03. The summed E-state index contributed by atoms with van der Waals surface area (Å²) in [7, 11) is 0. The molecule has 2 aromatic rings. The molecule has 27 heavy (non-hydrogen) atoms. The smallest absolute Gasteiger partial charge is 0.416 e. The van der Waals surface area contributed by atoms with E-state index in [9.17, 15) is 13.2 Å². The third-order valence-electron chi connectivity index (χ3n) is 3.54. The minimum atomic E-state index is -4.44. The van der Waals surface area contributed by atoms with Crippen LogP contribution in [0.4, 0.5) is 13.2 Å². The van der Waals surface area contributed by atoms with Gasteiger partial charge in [-0.05, 0) is 55.8 Å². The Morgan fingerprint density at radius 1 is 1.04 bits per heavy atom. The summed E-state index contributed by atoms with van der Waals surface area (Å²) in [5.41, 5.74) is 0.548. The van der Waals surface area contributed by atoms with E-state index in [2.05, 4.69) is 10.3 Å². The molecule has 0 aromatic heterocycles. The van der Waals surface area contributed by atoms with Crippen molar-refractivity contribution >= 4 is 11.4 Å². The summed E-state index contributed by atoms with van der Waals surface area (Å²) in [6, 6.07) is 11.1. The Morgan fingerprint density at radius 2 is 1.74 bits per heavy atom. The molecular formula is C19H19F3N2O3. The minimum absolute atomic E-state index is 0.0759. The second-order valence-corrected chi connectivity index (χ2v) is 5.41. The van der Waals surface area contributed by atoms with Gasteiger partial charge >= 0.3 is 6.18 Å². The second kappa shape index (κ2) is 9.07. The Bertz CT molecular complexity index is 816. The molecule has 0 aliphatic carbocycles. The third-order valence-corrected chi connectivity index (χ3v) is 3.54. The summed E-state index contributed by atoms with van der Waals surface area (Å²) >= 11 is 0. The number of nitrogens with zero attached hydrogens (tertiary/aromatic N) is 2. The van der Waals surface area contributed by atoms with E-state index in [0.29, 0.717) is 35.8 Å². The molecule has 0 saturated carbocycles. The molecule has 8 heteroatoms. The Balaban J connectivity index is 2.24. The summed E-state index contributed by atoms with van der Waals surface area (Å²) in [6.45, 7) is 3.93. The van der Waals surface area contributed by atoms with Crippen LogP contribution in [0, 0.1) is 0 Å². The fourth-order valence-electron chi connectivity index (χ4n) is 2.24. The van der Waals surface area contributed by atoms with Gasteiger partial charge in [0, 0.05) is 5.56 Å². The number of benzene rings is 2. The largest absolute Gasteiger partial charge is 0.457 e. The monoisotopic (exact) mass is 380 g/mol. The molecule has 2 rings (SSSR count). The molecule has 0 fully saturated rings. The molecule has 0 bridgehead atoms. The molecule has 0 aliphatic heterocycles. The van der Waals surface area contributed by atoms with Crippen molar-refractivity contribution in [3.63, 3.8) is 0 Å². The number of hydrogen-bond donors (Lipinski definition) is 1. The Labute approximate surface area is 154 Å². The van der Waals surface area contributed by atoms with Crippen LogP contribution in [0.25, 0.3) is 0 Å². The van der Waals surface area contributed by atoms with Gasteiger partial charge in [-0.25, -0.2) is 0 Å². The van der Waals surface area contributed by atoms with Crippen LogP contribution < -0.4 is 4.74 Å². The zero-order valence-electron chi connectivity index (χ0n) is 14.8. The van der Waals surface area contributed by atoms with Gasteiger partial charge in [0.15, 0.2) is 0 Å². The zero-order valence-corrected chi connectivity index (χ0v) is 14.8. The van der Waals surface area contributed by atoms with E-state index >= 15 is 0 Å². The molecule has 0 heterocycles. The highest BCUT2D eigenvalue weighted by atomic mass is 19.4. The maximum Gasteiger partial charge on any atom is 0.416 e. The van der Waals surface area contributed by atoms with Crippen LogP contribution in [0.3, 0.4) is 0 Å². The van der Waals surface area contributed by atoms with Crippen molar-refractivity contribution in [3.05, 3.63) is 59.7 Å². The van der Waals surface area contributed by atoms with Crippen LogP contribution in [-0.4, -0.2) is 23.2 Å². The first kappa shape index (κ1) is 20.3. The number of alkyl halides is 3. The summed E-state index contributed by atoms with van der Waals surface area (Å²) in [5, 5.41) is 16.3. The highest BCUT2D eigenvalue weighted by molar-refractivity contribution is 6.48. The lowest BCUT2D eigenvalue weighted by Crippen LogP contribution is -2.15. The SMILES string of the molecule is CCON=C(C(CC)=NO)c1ccc(Oc2cccc(C(F)(F)F)c2)cc1. The van der Waals surface area contributed by atoms with Crippen LogP contribution in [-0.2, 0) is 11.0 Å². The number of ether oxygens (including phenoxy) is 1. The molecule has 0 unspecified atom stereocenters. The Kier molecular flexibility index (Phi) is 6.81. The summed E-state index contributed by atoms with van der Waals surface area (Å²) < 4.78 is 43.8. The molecule has 0 aliphatic rings. The van der Waals surface area contributed by atoms with Crippen LogP contribution in [0.5, 0.6) is 11.5 Å². The number of rotatable bonds is 7. The van der Waals surface area contributed by atoms with E-state index in [-0.39, 0.29) is 5.75 Å². The normalized spacial score (nSPS) is 12.8. The number of oxime groups is 2. The summed E-state index contributed by atoms with van der Waals surface area (Å²) in [5.74, 6) is 0.430. The van der Waals surface area contributed by atoms with E-state index < -0.39 is 11.7 Å². The first-order valence-electron chi connectivity index (χ1n) is 8.25. The average molecular weight is 380 g/mol. The molecule has 5 nitrogen and oxygen atoms in total. The first-order valence-corrected chi connectivity index (χ1v) is 8.25. The predicted molar refractivity (Wildman–Crippen MR) is 95.6 cm³/mol. The molecule has 0 atom stereocenters. The van der Waals surface area contributed by atoms with Crippen LogP contribution in [0.15, 0.2) is 58.8 Å². The van der Waals surface area contributed by atoms with Crippen molar-refractivity contribution in [3.8, 4) is 11.5 Å². The van der Waals surface area contributed by atoms with Crippen LogP contribution in [0.2, 0.25) is 0 Å². The lowest BCUT2D eigenvalue weighted by atomic mass is 10.0. The molecule has 0 amide bonds. The van der Waals surface area contributed by atoms with Crippen molar-refractivity contribution in [2.75, 3.05) is 6.61 Å². The summed E-state index contributed by atoms with van der Waals surface area (Å²) in [4.78, 5) is 5.06. The maximum atomic E-state index is 12.8. The molecular weight excluding hydrogens is 361 g/mol. The average Bonchev–Trinajstić information content (AvgIpc) is 2.65. The highest BCUT2D eigenvalue weighted by Gasteiger charge is 2.30. The van der Waals surface area contributed by atoms with E-state index in [1.807, 2.05) is 6.92 Å². The van der Waals surface area contributed by atoms with Gasteiger partial charge in [0.05, 0.1) is 5.56 Å². The van der Waals surface area contributed by atoms with E-state index in [1.54, 1.807) is 31.2 Å². The van der Waals surface area contributed by atoms with Gasteiger partial charge in [0.1, 0.15) is 29.5 Å². The molecule has 1 N–H and O–H groups in total.